The first-order valence-electron chi connectivity index (χ1n) is 8.75. The van der Waals surface area contributed by atoms with Crippen molar-refractivity contribution in [1.29, 1.82) is 0 Å². The lowest BCUT2D eigenvalue weighted by Crippen LogP contribution is -2.27. The maximum atomic E-state index is 12.4. The second-order valence-electron chi connectivity index (χ2n) is 6.88. The van der Waals surface area contributed by atoms with Gasteiger partial charge in [-0.3, -0.25) is 9.59 Å². The average molecular weight is 353 g/mol. The van der Waals surface area contributed by atoms with Gasteiger partial charge in [0, 0.05) is 17.8 Å². The Morgan fingerprint density at radius 1 is 1.00 bits per heavy atom. The van der Waals surface area contributed by atoms with Crippen molar-refractivity contribution in [2.24, 2.45) is 0 Å². The Morgan fingerprint density at radius 2 is 1.69 bits per heavy atom. The van der Waals surface area contributed by atoms with Crippen LogP contribution < -0.4 is 10.6 Å². The Bertz CT molecular complexity index is 757. The minimum absolute atomic E-state index is 0.0405. The summed E-state index contributed by atoms with van der Waals surface area (Å²) in [7, 11) is 3.68. The van der Waals surface area contributed by atoms with Crippen LogP contribution in [0.4, 0.5) is 11.4 Å². The van der Waals surface area contributed by atoms with Gasteiger partial charge in [0.1, 0.15) is 0 Å². The molecule has 2 N–H and O–H groups in total. The zero-order valence-electron chi connectivity index (χ0n) is 15.9. The highest BCUT2D eigenvalue weighted by atomic mass is 16.2. The number of carbonyl (C=O) groups excluding carboxylic acids is 2. The Hall–Kier alpha value is -2.66. The van der Waals surface area contributed by atoms with Crippen molar-refractivity contribution in [2.75, 3.05) is 31.3 Å². The molecule has 2 amide bonds. The lowest BCUT2D eigenvalue weighted by molar-refractivity contribution is -0.117. The molecule has 1 unspecified atom stereocenters. The number of likely N-dealkylation sites (N-methyl/N-ethyl adjacent to an activating group) is 1. The van der Waals surface area contributed by atoms with Gasteiger partial charge in [-0.1, -0.05) is 43.3 Å². The van der Waals surface area contributed by atoms with E-state index in [1.807, 2.05) is 70.4 Å². The molecule has 0 radical (unpaired) electrons. The summed E-state index contributed by atoms with van der Waals surface area (Å²) in [5, 5.41) is 5.81. The normalized spacial score (nSPS) is 11.9. The van der Waals surface area contributed by atoms with E-state index in [4.69, 9.17) is 0 Å². The topological polar surface area (TPSA) is 61.4 Å². The van der Waals surface area contributed by atoms with Crippen LogP contribution in [0.2, 0.25) is 0 Å². The number of rotatable bonds is 7. The third-order valence-electron chi connectivity index (χ3n) is 4.12. The van der Waals surface area contributed by atoms with Gasteiger partial charge in [0.25, 0.3) is 0 Å². The molecule has 0 fully saturated rings. The van der Waals surface area contributed by atoms with E-state index < -0.39 is 0 Å². The molecule has 26 heavy (non-hydrogen) atoms. The third-order valence-corrected chi connectivity index (χ3v) is 4.12. The molecule has 5 nitrogen and oxygen atoms in total. The van der Waals surface area contributed by atoms with E-state index in [0.29, 0.717) is 18.7 Å². The minimum atomic E-state index is -0.0890. The van der Waals surface area contributed by atoms with Crippen LogP contribution in [0.1, 0.15) is 30.4 Å². The van der Waals surface area contributed by atoms with Gasteiger partial charge in [-0.15, -0.1) is 0 Å². The molecule has 0 heterocycles. The molecular weight excluding hydrogens is 326 g/mol. The highest BCUT2D eigenvalue weighted by Crippen LogP contribution is 2.23. The Balaban J connectivity index is 2.00. The van der Waals surface area contributed by atoms with Gasteiger partial charge >= 0.3 is 0 Å². The maximum Gasteiger partial charge on any atom is 0.238 e. The van der Waals surface area contributed by atoms with Gasteiger partial charge in [0.05, 0.1) is 6.54 Å². The number of nitrogens with one attached hydrogen (secondary N) is 2. The third kappa shape index (κ3) is 6.01. The van der Waals surface area contributed by atoms with E-state index >= 15 is 0 Å². The van der Waals surface area contributed by atoms with Gasteiger partial charge in [0.2, 0.25) is 11.8 Å². The molecule has 0 saturated heterocycles. The van der Waals surface area contributed by atoms with Crippen molar-refractivity contribution in [3.05, 3.63) is 59.7 Å². The first kappa shape index (κ1) is 19.7. The summed E-state index contributed by atoms with van der Waals surface area (Å²) in [6.45, 7) is 4.28. The predicted molar refractivity (Wildman–Crippen MR) is 106 cm³/mol. The minimum Gasteiger partial charge on any atom is -0.326 e. The molecule has 0 aliphatic heterocycles. The molecule has 2 aromatic rings. The monoisotopic (exact) mass is 353 g/mol. The fourth-order valence-corrected chi connectivity index (χ4v) is 2.70. The summed E-state index contributed by atoms with van der Waals surface area (Å²) >= 11 is 0. The SMILES string of the molecule is Cc1ccc(NC(=O)CN(C)C)cc1NC(=O)CC(C)c1ccccc1. The Labute approximate surface area is 155 Å². The number of nitrogens with zero attached hydrogens (tertiary/aromatic N) is 1. The second-order valence-corrected chi connectivity index (χ2v) is 6.88. The van der Waals surface area contributed by atoms with Crippen molar-refractivity contribution in [2.45, 2.75) is 26.2 Å². The number of benzene rings is 2. The van der Waals surface area contributed by atoms with Crippen molar-refractivity contribution in [1.82, 2.24) is 4.90 Å². The molecular formula is C21H27N3O2. The van der Waals surface area contributed by atoms with Crippen molar-refractivity contribution in [3.63, 3.8) is 0 Å². The first-order chi connectivity index (χ1) is 12.3. The van der Waals surface area contributed by atoms with Crippen LogP contribution >= 0.6 is 0 Å². The molecule has 1 atom stereocenters. The number of hydrogen-bond donors (Lipinski definition) is 2. The average Bonchev–Trinajstić information content (AvgIpc) is 2.57. The molecule has 2 aromatic carbocycles. The smallest absolute Gasteiger partial charge is 0.238 e. The lowest BCUT2D eigenvalue weighted by Gasteiger charge is -2.15. The standard InChI is InChI=1S/C21H27N3O2/c1-15-10-11-18(22-21(26)14-24(3)4)13-19(15)23-20(25)12-16(2)17-8-6-5-7-9-17/h5-11,13,16H,12,14H2,1-4H3,(H,22,26)(H,23,25). The van der Waals surface area contributed by atoms with Gasteiger partial charge in [-0.25, -0.2) is 0 Å². The van der Waals surface area contributed by atoms with Crippen LogP contribution in [0.15, 0.2) is 48.5 Å². The summed E-state index contributed by atoms with van der Waals surface area (Å²) in [6.07, 6.45) is 0.403. The van der Waals surface area contributed by atoms with Crippen LogP contribution in [-0.4, -0.2) is 37.4 Å². The summed E-state index contributed by atoms with van der Waals surface area (Å²) < 4.78 is 0. The summed E-state index contributed by atoms with van der Waals surface area (Å²) in [5.41, 5.74) is 3.49. The van der Waals surface area contributed by atoms with E-state index in [1.54, 1.807) is 11.0 Å². The largest absolute Gasteiger partial charge is 0.326 e. The number of aryl methyl sites for hydroxylation is 1. The molecule has 2 rings (SSSR count). The van der Waals surface area contributed by atoms with Crippen molar-refractivity contribution in [3.8, 4) is 0 Å². The molecule has 0 bridgehead atoms. The van der Waals surface area contributed by atoms with Crippen LogP contribution in [0, 0.1) is 6.92 Å². The predicted octanol–water partition coefficient (Wildman–Crippen LogP) is 3.63. The molecule has 0 spiro atoms. The summed E-state index contributed by atoms with van der Waals surface area (Å²) in [4.78, 5) is 26.1. The van der Waals surface area contributed by atoms with Crippen molar-refractivity contribution >= 4 is 23.2 Å². The first-order valence-corrected chi connectivity index (χ1v) is 8.75. The molecule has 0 aliphatic carbocycles. The molecule has 0 aromatic heterocycles. The van der Waals surface area contributed by atoms with Crippen LogP contribution in [0.5, 0.6) is 0 Å². The number of hydrogen-bond acceptors (Lipinski definition) is 3. The van der Waals surface area contributed by atoms with Gasteiger partial charge in [0.15, 0.2) is 0 Å². The quantitative estimate of drug-likeness (QED) is 0.799. The zero-order chi connectivity index (χ0) is 19.1. The fourth-order valence-electron chi connectivity index (χ4n) is 2.70. The molecule has 0 aliphatic rings. The fraction of sp³-hybridized carbons (Fsp3) is 0.333. The lowest BCUT2D eigenvalue weighted by atomic mass is 9.97. The Morgan fingerprint density at radius 3 is 2.35 bits per heavy atom. The van der Waals surface area contributed by atoms with Crippen LogP contribution in [0.25, 0.3) is 0 Å². The van der Waals surface area contributed by atoms with Gasteiger partial charge in [-0.05, 0) is 50.2 Å². The number of anilines is 2. The number of amides is 2. The van der Waals surface area contributed by atoms with Gasteiger partial charge in [-0.2, -0.15) is 0 Å². The molecule has 138 valence electrons. The van der Waals surface area contributed by atoms with E-state index in [9.17, 15) is 9.59 Å². The maximum absolute atomic E-state index is 12.4. The summed E-state index contributed by atoms with van der Waals surface area (Å²) in [5.74, 6) is 0.00883. The second kappa shape index (κ2) is 9.15. The van der Waals surface area contributed by atoms with Gasteiger partial charge < -0.3 is 15.5 Å². The van der Waals surface area contributed by atoms with Crippen LogP contribution in [0.3, 0.4) is 0 Å². The van der Waals surface area contributed by atoms with E-state index in [-0.39, 0.29) is 17.7 Å². The zero-order valence-corrected chi connectivity index (χ0v) is 15.9. The van der Waals surface area contributed by atoms with E-state index in [2.05, 4.69) is 10.6 Å². The molecule has 5 heteroatoms. The van der Waals surface area contributed by atoms with Crippen LogP contribution in [-0.2, 0) is 9.59 Å². The van der Waals surface area contributed by atoms with E-state index in [1.165, 1.54) is 0 Å². The Kier molecular flexibility index (Phi) is 6.92. The number of carbonyl (C=O) groups is 2. The van der Waals surface area contributed by atoms with Crippen molar-refractivity contribution < 1.29 is 9.59 Å². The summed E-state index contributed by atoms with van der Waals surface area (Å²) in [6, 6.07) is 15.5. The highest BCUT2D eigenvalue weighted by molar-refractivity contribution is 5.95. The highest BCUT2D eigenvalue weighted by Gasteiger charge is 2.13. The van der Waals surface area contributed by atoms with E-state index in [0.717, 1.165) is 16.8 Å². The molecule has 0 saturated carbocycles.